The molecule has 0 spiro atoms. The molecule has 0 aliphatic heterocycles. The van der Waals surface area contributed by atoms with E-state index in [0.29, 0.717) is 0 Å². The first-order valence-electron chi connectivity index (χ1n) is 8.37. The summed E-state index contributed by atoms with van der Waals surface area (Å²) in [6.07, 6.45) is -0.753. The zero-order valence-corrected chi connectivity index (χ0v) is 17.7. The first-order valence-corrected chi connectivity index (χ1v) is 12.4. The summed E-state index contributed by atoms with van der Waals surface area (Å²) in [7, 11) is -8.40. The van der Waals surface area contributed by atoms with Gasteiger partial charge in [-0.3, -0.25) is 10.1 Å². The molecule has 2 aromatic carbocycles. The molecule has 3 aromatic rings. The smallest absolute Gasteiger partial charge is 0.391 e. The summed E-state index contributed by atoms with van der Waals surface area (Å²) in [5.41, 5.74) is -0.201. The third-order valence-electron chi connectivity index (χ3n) is 3.98. The maximum atomic E-state index is 13.0. The van der Waals surface area contributed by atoms with E-state index in [9.17, 15) is 28.0 Å². The van der Waals surface area contributed by atoms with Crippen LogP contribution in [0.25, 0.3) is 10.1 Å². The van der Waals surface area contributed by atoms with Crippen molar-refractivity contribution in [2.24, 2.45) is 0 Å². The summed E-state index contributed by atoms with van der Waals surface area (Å²) >= 11 is 1.08. The summed E-state index contributed by atoms with van der Waals surface area (Å²) in [6.45, 7) is 1.52. The van der Waals surface area contributed by atoms with Gasteiger partial charge in [-0.2, -0.15) is 4.31 Å². The number of non-ortho nitro benzene ring substituents is 1. The Morgan fingerprint density at radius 1 is 1.21 bits per heavy atom. The fourth-order valence-corrected chi connectivity index (χ4v) is 7.40. The molecule has 154 valence electrons. The normalized spacial score (nSPS) is 14.0. The number of hydrogen-bond donors (Lipinski definition) is 1. The van der Waals surface area contributed by atoms with Gasteiger partial charge in [0.15, 0.2) is 0 Å². The average Bonchev–Trinajstić information content (AvgIpc) is 3.11. The largest absolute Gasteiger partial charge is 0.424 e. The van der Waals surface area contributed by atoms with Crippen molar-refractivity contribution in [3.63, 3.8) is 0 Å². The molecule has 0 amide bonds. The van der Waals surface area contributed by atoms with Gasteiger partial charge in [-0.1, -0.05) is 25.1 Å². The van der Waals surface area contributed by atoms with Gasteiger partial charge in [0.05, 0.1) is 4.92 Å². The minimum absolute atomic E-state index is 0.0370. The van der Waals surface area contributed by atoms with Crippen LogP contribution in [0.3, 0.4) is 0 Å². The second kappa shape index (κ2) is 8.21. The molecule has 9 nitrogen and oxygen atoms in total. The predicted octanol–water partition coefficient (Wildman–Crippen LogP) is 4.04. The van der Waals surface area contributed by atoms with E-state index < -0.39 is 28.8 Å². The van der Waals surface area contributed by atoms with E-state index in [-0.39, 0.29) is 22.2 Å². The molecule has 29 heavy (non-hydrogen) atoms. The van der Waals surface area contributed by atoms with Gasteiger partial charge in [0.1, 0.15) is 16.2 Å². The lowest BCUT2D eigenvalue weighted by Crippen LogP contribution is -2.32. The molecule has 0 radical (unpaired) electrons. The summed E-state index contributed by atoms with van der Waals surface area (Å²) in [4.78, 5) is 20.3. The first-order chi connectivity index (χ1) is 13.6. The monoisotopic (exact) mass is 456 g/mol. The Hall–Kier alpha value is -2.30. The fraction of sp³-hybridized carbons (Fsp3) is 0.176. The Bertz CT molecular complexity index is 1160. The van der Waals surface area contributed by atoms with Crippen molar-refractivity contribution >= 4 is 44.7 Å². The van der Waals surface area contributed by atoms with Crippen molar-refractivity contribution in [3.8, 4) is 5.75 Å². The maximum Gasteiger partial charge on any atom is 0.391 e. The van der Waals surface area contributed by atoms with Crippen LogP contribution in [-0.4, -0.2) is 35.4 Å². The summed E-state index contributed by atoms with van der Waals surface area (Å²) in [5.74, 6) is -0.0725. The molecule has 1 aromatic heterocycles. The van der Waals surface area contributed by atoms with Gasteiger partial charge in [-0.15, -0.1) is 11.3 Å². The van der Waals surface area contributed by atoms with Crippen LogP contribution in [0.4, 0.5) is 5.69 Å². The van der Waals surface area contributed by atoms with Crippen molar-refractivity contribution in [2.75, 3.05) is 12.8 Å². The van der Waals surface area contributed by atoms with E-state index in [1.54, 1.807) is 31.2 Å². The van der Waals surface area contributed by atoms with Crippen LogP contribution in [0.15, 0.2) is 58.8 Å². The van der Waals surface area contributed by atoms with Crippen LogP contribution in [0.5, 0.6) is 5.75 Å². The third kappa shape index (κ3) is 4.82. The van der Waals surface area contributed by atoms with Crippen LogP contribution < -0.4 is 4.52 Å². The number of nitro groups is 1. The van der Waals surface area contributed by atoms with Gasteiger partial charge >= 0.3 is 7.60 Å². The molecule has 0 bridgehead atoms. The topological polar surface area (TPSA) is 127 Å². The standard InChI is InChI=1S/C17H17N2O7PS2/c1-2-18(29(24,25)17-11-13-5-3-4-6-16(13)28-17)12-27(22,23)26-15-9-7-14(8-10-15)19(20)21/h3-11H,2,12H2,1H3,(H,22,23). The maximum absolute atomic E-state index is 13.0. The van der Waals surface area contributed by atoms with Crippen LogP contribution in [-0.2, 0) is 14.6 Å². The number of fused-ring (bicyclic) bond motifs is 1. The molecule has 0 fully saturated rings. The molecule has 1 atom stereocenters. The van der Waals surface area contributed by atoms with Crippen LogP contribution in [0.2, 0.25) is 0 Å². The molecular weight excluding hydrogens is 439 g/mol. The number of nitrogens with zero attached hydrogens (tertiary/aromatic N) is 2. The lowest BCUT2D eigenvalue weighted by Gasteiger charge is -2.22. The Kier molecular flexibility index (Phi) is 6.06. The Morgan fingerprint density at radius 2 is 1.86 bits per heavy atom. The minimum atomic E-state index is -4.40. The van der Waals surface area contributed by atoms with Crippen LogP contribution in [0, 0.1) is 10.1 Å². The average molecular weight is 456 g/mol. The van der Waals surface area contributed by atoms with Crippen LogP contribution in [0.1, 0.15) is 6.92 Å². The number of sulfonamides is 1. The summed E-state index contributed by atoms with van der Waals surface area (Å²) in [6, 6.07) is 13.3. The van der Waals surface area contributed by atoms with Crippen molar-refractivity contribution in [1.29, 1.82) is 0 Å². The highest BCUT2D eigenvalue weighted by Crippen LogP contribution is 2.45. The molecule has 0 aliphatic rings. The molecular formula is C17H17N2O7PS2. The van der Waals surface area contributed by atoms with E-state index in [1.165, 1.54) is 18.2 Å². The summed E-state index contributed by atoms with van der Waals surface area (Å²) in [5, 5.41) is 11.4. The predicted molar refractivity (Wildman–Crippen MR) is 110 cm³/mol. The van der Waals surface area contributed by atoms with Gasteiger partial charge in [-0.05, 0) is 29.7 Å². The van der Waals surface area contributed by atoms with Gasteiger partial charge < -0.3 is 9.42 Å². The van der Waals surface area contributed by atoms with E-state index in [0.717, 1.165) is 37.9 Å². The lowest BCUT2D eigenvalue weighted by atomic mass is 10.3. The van der Waals surface area contributed by atoms with Gasteiger partial charge in [0, 0.05) is 23.4 Å². The quantitative estimate of drug-likeness (QED) is 0.308. The Labute approximate surface area is 170 Å². The Balaban J connectivity index is 1.81. The third-order valence-corrected chi connectivity index (χ3v) is 8.85. The summed E-state index contributed by atoms with van der Waals surface area (Å²) < 4.78 is 45.2. The number of hydrogen-bond acceptors (Lipinski definition) is 7. The first kappa shape index (κ1) is 21.4. The molecule has 12 heteroatoms. The zero-order chi connectivity index (χ0) is 21.2. The van der Waals surface area contributed by atoms with E-state index in [2.05, 4.69) is 0 Å². The minimum Gasteiger partial charge on any atom is -0.424 e. The Morgan fingerprint density at radius 3 is 2.45 bits per heavy atom. The molecule has 1 N–H and O–H groups in total. The molecule has 0 saturated carbocycles. The SMILES string of the molecule is CCN(CP(=O)(O)Oc1ccc([N+](=O)[O-])cc1)S(=O)(=O)c1cc2ccccc2s1. The number of benzene rings is 2. The van der Waals surface area contributed by atoms with E-state index >= 15 is 0 Å². The number of nitro benzene ring substituents is 1. The highest BCUT2D eigenvalue weighted by atomic mass is 32.2. The molecule has 0 aliphatic carbocycles. The highest BCUT2D eigenvalue weighted by molar-refractivity contribution is 7.91. The second-order valence-corrected chi connectivity index (χ2v) is 11.0. The highest BCUT2D eigenvalue weighted by Gasteiger charge is 2.33. The van der Waals surface area contributed by atoms with Crippen molar-refractivity contribution in [3.05, 3.63) is 64.7 Å². The molecule has 0 saturated heterocycles. The van der Waals surface area contributed by atoms with Gasteiger partial charge in [0.2, 0.25) is 0 Å². The fourth-order valence-electron chi connectivity index (χ4n) is 2.58. The van der Waals surface area contributed by atoms with Crippen molar-refractivity contribution in [1.82, 2.24) is 4.31 Å². The lowest BCUT2D eigenvalue weighted by molar-refractivity contribution is -0.384. The molecule has 1 unspecified atom stereocenters. The van der Waals surface area contributed by atoms with Gasteiger partial charge in [0.25, 0.3) is 15.7 Å². The van der Waals surface area contributed by atoms with E-state index in [1.807, 2.05) is 0 Å². The number of rotatable bonds is 8. The molecule has 1 heterocycles. The van der Waals surface area contributed by atoms with Crippen molar-refractivity contribution < 1.29 is 27.3 Å². The van der Waals surface area contributed by atoms with Crippen molar-refractivity contribution in [2.45, 2.75) is 11.1 Å². The molecule has 3 rings (SSSR count). The number of thiophene rings is 1. The van der Waals surface area contributed by atoms with Gasteiger partial charge in [-0.25, -0.2) is 13.0 Å². The van der Waals surface area contributed by atoms with E-state index in [4.69, 9.17) is 4.52 Å². The zero-order valence-electron chi connectivity index (χ0n) is 15.2. The second-order valence-electron chi connectivity index (χ2n) is 6.00. The van der Waals surface area contributed by atoms with Crippen LogP contribution >= 0.6 is 18.9 Å².